The summed E-state index contributed by atoms with van der Waals surface area (Å²) in [6.45, 7) is 4.47. The van der Waals surface area contributed by atoms with Crippen molar-refractivity contribution in [1.29, 1.82) is 0 Å². The van der Waals surface area contributed by atoms with E-state index in [1.165, 1.54) is 16.2 Å². The molecule has 1 aromatic carbocycles. The molecule has 34 heavy (non-hydrogen) atoms. The molecule has 2 aliphatic heterocycles. The maximum Gasteiger partial charge on any atom is 0.413 e. The standard InChI is InChI=1S/C22H23BrN4O6S/c1-11-9-13(3-4-14(11)26-7-8-32-10-16(26)28)27-12(2)19(18(20(24)29)21(27)30)25-22(31)33-17-6-5-15(23)34-17/h3-6,9,12,18-19H,7-8,10H2,1-2H3,(H2,24,29)(H,25,31). The molecule has 4 rings (SSSR count). The Kier molecular flexibility index (Phi) is 6.91. The quantitative estimate of drug-likeness (QED) is 0.548. The van der Waals surface area contributed by atoms with Gasteiger partial charge in [-0.05, 0) is 65.7 Å². The summed E-state index contributed by atoms with van der Waals surface area (Å²) < 4.78 is 11.2. The molecule has 3 unspecified atom stereocenters. The smallest absolute Gasteiger partial charge is 0.399 e. The van der Waals surface area contributed by atoms with E-state index < -0.39 is 35.9 Å². The molecule has 0 aliphatic carbocycles. The van der Waals surface area contributed by atoms with Crippen LogP contribution in [0.25, 0.3) is 0 Å². The highest BCUT2D eigenvalue weighted by atomic mass is 79.9. The van der Waals surface area contributed by atoms with Gasteiger partial charge in [0.2, 0.25) is 11.8 Å². The van der Waals surface area contributed by atoms with Gasteiger partial charge in [-0.25, -0.2) is 4.79 Å². The fraction of sp³-hybridized carbons (Fsp3) is 0.364. The van der Waals surface area contributed by atoms with Gasteiger partial charge in [-0.15, -0.1) is 0 Å². The maximum atomic E-state index is 13.2. The molecular formula is C22H23BrN4O6S. The van der Waals surface area contributed by atoms with Crippen molar-refractivity contribution in [1.82, 2.24) is 5.32 Å². The lowest BCUT2D eigenvalue weighted by atomic mass is 9.98. The zero-order valence-electron chi connectivity index (χ0n) is 18.4. The molecule has 0 saturated carbocycles. The molecule has 0 radical (unpaired) electrons. The first-order valence-corrected chi connectivity index (χ1v) is 12.1. The Morgan fingerprint density at radius 2 is 2.03 bits per heavy atom. The average Bonchev–Trinajstić information content (AvgIpc) is 3.28. The van der Waals surface area contributed by atoms with Crippen LogP contribution in [0.3, 0.4) is 0 Å². The molecule has 2 aromatic rings. The Hall–Kier alpha value is -2.96. The molecule has 2 fully saturated rings. The highest BCUT2D eigenvalue weighted by molar-refractivity contribution is 9.11. The molecule has 0 spiro atoms. The third kappa shape index (κ3) is 4.65. The Morgan fingerprint density at radius 3 is 2.65 bits per heavy atom. The first-order valence-electron chi connectivity index (χ1n) is 10.5. The zero-order chi connectivity index (χ0) is 24.6. The molecule has 3 N–H and O–H groups in total. The van der Waals surface area contributed by atoms with Crippen molar-refractivity contribution in [2.75, 3.05) is 29.6 Å². The number of rotatable bonds is 5. The highest BCUT2D eigenvalue weighted by Gasteiger charge is 2.50. The molecule has 2 aliphatic rings. The number of nitrogens with zero attached hydrogens (tertiary/aromatic N) is 2. The van der Waals surface area contributed by atoms with Gasteiger partial charge in [-0.3, -0.25) is 14.4 Å². The minimum absolute atomic E-state index is 0.0228. The summed E-state index contributed by atoms with van der Waals surface area (Å²) in [5, 5.41) is 2.99. The van der Waals surface area contributed by atoms with Crippen molar-refractivity contribution in [2.24, 2.45) is 11.7 Å². The van der Waals surface area contributed by atoms with E-state index in [0.29, 0.717) is 23.9 Å². The molecule has 3 heterocycles. The molecule has 3 atom stereocenters. The second-order valence-electron chi connectivity index (χ2n) is 8.02. The summed E-state index contributed by atoms with van der Waals surface area (Å²) >= 11 is 4.52. The van der Waals surface area contributed by atoms with E-state index in [-0.39, 0.29) is 12.5 Å². The van der Waals surface area contributed by atoms with Crippen LogP contribution in [0.1, 0.15) is 12.5 Å². The number of amides is 4. The molecular weight excluding hydrogens is 528 g/mol. The number of aryl methyl sites for hydroxylation is 1. The van der Waals surface area contributed by atoms with Crippen molar-refractivity contribution < 1.29 is 28.7 Å². The number of carbonyl (C=O) groups is 4. The van der Waals surface area contributed by atoms with Crippen molar-refractivity contribution >= 4 is 62.5 Å². The van der Waals surface area contributed by atoms with Crippen molar-refractivity contribution in [3.63, 3.8) is 0 Å². The largest absolute Gasteiger partial charge is 0.413 e. The maximum absolute atomic E-state index is 13.2. The van der Waals surface area contributed by atoms with Gasteiger partial charge in [0.25, 0.3) is 5.91 Å². The van der Waals surface area contributed by atoms with Gasteiger partial charge in [0, 0.05) is 17.9 Å². The first-order chi connectivity index (χ1) is 16.2. The fourth-order valence-corrected chi connectivity index (χ4v) is 5.48. The van der Waals surface area contributed by atoms with E-state index in [0.717, 1.165) is 15.0 Å². The van der Waals surface area contributed by atoms with Gasteiger partial charge < -0.3 is 30.3 Å². The van der Waals surface area contributed by atoms with Gasteiger partial charge in [-0.2, -0.15) is 0 Å². The van der Waals surface area contributed by atoms with E-state index in [1.807, 2.05) is 6.92 Å². The number of carbonyl (C=O) groups excluding carboxylic acids is 4. The van der Waals surface area contributed by atoms with Crippen molar-refractivity contribution in [3.8, 4) is 5.06 Å². The number of nitrogens with two attached hydrogens (primary N) is 1. The van der Waals surface area contributed by atoms with E-state index in [1.54, 1.807) is 42.2 Å². The average molecular weight is 551 g/mol. The predicted molar refractivity (Wildman–Crippen MR) is 129 cm³/mol. The summed E-state index contributed by atoms with van der Waals surface area (Å²) in [4.78, 5) is 53.2. The second-order valence-corrected chi connectivity index (χ2v) is 10.4. The van der Waals surface area contributed by atoms with Crippen LogP contribution in [0.15, 0.2) is 34.1 Å². The van der Waals surface area contributed by atoms with Crippen LogP contribution >= 0.6 is 27.3 Å². The molecule has 0 bridgehead atoms. The number of primary amides is 1. The fourth-order valence-electron chi connectivity index (χ4n) is 4.28. The van der Waals surface area contributed by atoms with Gasteiger partial charge in [0.05, 0.1) is 22.5 Å². The molecule has 10 nitrogen and oxygen atoms in total. The van der Waals surface area contributed by atoms with Crippen LogP contribution in [0.5, 0.6) is 5.06 Å². The first kappa shape index (κ1) is 24.2. The van der Waals surface area contributed by atoms with Crippen molar-refractivity contribution in [2.45, 2.75) is 25.9 Å². The summed E-state index contributed by atoms with van der Waals surface area (Å²) in [5.41, 5.74) is 7.58. The lowest BCUT2D eigenvalue weighted by Gasteiger charge is -2.30. The third-order valence-electron chi connectivity index (χ3n) is 5.86. The molecule has 1 aromatic heterocycles. The van der Waals surface area contributed by atoms with E-state index in [9.17, 15) is 19.2 Å². The Balaban J connectivity index is 1.56. The van der Waals surface area contributed by atoms with E-state index in [4.69, 9.17) is 15.2 Å². The van der Waals surface area contributed by atoms with Gasteiger partial charge in [-0.1, -0.05) is 11.3 Å². The van der Waals surface area contributed by atoms with Crippen LogP contribution < -0.4 is 25.6 Å². The molecule has 180 valence electrons. The zero-order valence-corrected chi connectivity index (χ0v) is 20.9. The lowest BCUT2D eigenvalue weighted by molar-refractivity contribution is -0.130. The Labute approximate surface area is 208 Å². The summed E-state index contributed by atoms with van der Waals surface area (Å²) in [7, 11) is 0. The Bertz CT molecular complexity index is 1150. The summed E-state index contributed by atoms with van der Waals surface area (Å²) in [6.07, 6.45) is -0.788. The normalized spacial score (nSPS) is 22.7. The van der Waals surface area contributed by atoms with Gasteiger partial charge >= 0.3 is 6.09 Å². The van der Waals surface area contributed by atoms with E-state index in [2.05, 4.69) is 21.2 Å². The summed E-state index contributed by atoms with van der Waals surface area (Å²) in [5.74, 6) is -2.74. The minimum atomic E-state index is -1.25. The van der Waals surface area contributed by atoms with Gasteiger partial charge in [0.15, 0.2) is 5.06 Å². The number of hydrogen-bond acceptors (Lipinski definition) is 7. The predicted octanol–water partition coefficient (Wildman–Crippen LogP) is 2.18. The topological polar surface area (TPSA) is 131 Å². The SMILES string of the molecule is Cc1cc(N2C(=O)C(C(N)=O)C(NC(=O)Oc3ccc(Br)s3)C2C)ccc1N1CCOCC1=O. The number of benzene rings is 1. The molecule has 2 saturated heterocycles. The lowest BCUT2D eigenvalue weighted by Crippen LogP contribution is -2.49. The van der Waals surface area contributed by atoms with Crippen LogP contribution in [0.4, 0.5) is 16.2 Å². The molecule has 4 amide bonds. The van der Waals surface area contributed by atoms with Crippen LogP contribution in [0, 0.1) is 12.8 Å². The van der Waals surface area contributed by atoms with Crippen LogP contribution in [0.2, 0.25) is 0 Å². The monoisotopic (exact) mass is 550 g/mol. The summed E-state index contributed by atoms with van der Waals surface area (Å²) in [6, 6.07) is 7.13. The number of morpholine rings is 1. The number of nitrogens with one attached hydrogen (secondary N) is 1. The number of anilines is 2. The highest BCUT2D eigenvalue weighted by Crippen LogP contribution is 2.34. The van der Waals surface area contributed by atoms with Gasteiger partial charge in [0.1, 0.15) is 12.5 Å². The Morgan fingerprint density at radius 1 is 1.26 bits per heavy atom. The van der Waals surface area contributed by atoms with Crippen molar-refractivity contribution in [3.05, 3.63) is 39.7 Å². The molecule has 12 heteroatoms. The minimum Gasteiger partial charge on any atom is -0.399 e. The van der Waals surface area contributed by atoms with E-state index >= 15 is 0 Å². The number of thiophene rings is 1. The van der Waals surface area contributed by atoms with Crippen LogP contribution in [-0.4, -0.2) is 55.7 Å². The van der Waals surface area contributed by atoms with Crippen LogP contribution in [-0.2, 0) is 19.1 Å². The number of hydrogen-bond donors (Lipinski definition) is 2. The number of halogens is 1. The second kappa shape index (κ2) is 9.72. The number of ether oxygens (including phenoxy) is 2. The third-order valence-corrected chi connectivity index (χ3v) is 7.36.